The summed E-state index contributed by atoms with van der Waals surface area (Å²) in [6, 6.07) is 10.7. The van der Waals surface area contributed by atoms with E-state index >= 15 is 0 Å². The van der Waals surface area contributed by atoms with Crippen LogP contribution >= 0.6 is 11.6 Å². The molecule has 3 aromatic rings. The number of nitrogens with one attached hydrogen (secondary N) is 2. The molecule has 25 heavy (non-hydrogen) atoms. The van der Waals surface area contributed by atoms with Crippen LogP contribution in [0.3, 0.4) is 0 Å². The zero-order chi connectivity index (χ0) is 17.8. The van der Waals surface area contributed by atoms with Crippen LogP contribution in [-0.4, -0.2) is 27.7 Å². The van der Waals surface area contributed by atoms with Crippen LogP contribution < -0.4 is 5.32 Å². The van der Waals surface area contributed by atoms with Crippen LogP contribution in [0.25, 0.3) is 11.0 Å². The minimum absolute atomic E-state index is 0.375. The van der Waals surface area contributed by atoms with Crippen LogP contribution in [0.15, 0.2) is 59.0 Å². The van der Waals surface area contributed by atoms with E-state index in [1.807, 2.05) is 0 Å². The molecule has 126 valence electrons. The number of hydrogen-bond acceptors (Lipinski definition) is 5. The maximum absolute atomic E-state index is 12.3. The van der Waals surface area contributed by atoms with Gasteiger partial charge in [-0.3, -0.25) is 9.59 Å². The average Bonchev–Trinajstić information content (AvgIpc) is 3.04. The lowest BCUT2D eigenvalue weighted by Crippen LogP contribution is -2.31. The maximum atomic E-state index is 12.3. The summed E-state index contributed by atoms with van der Waals surface area (Å²) in [7, 11) is 0. The third kappa shape index (κ3) is 3.89. The summed E-state index contributed by atoms with van der Waals surface area (Å²) in [5, 5.41) is 10.9. The average molecular weight is 356 g/mol. The minimum Gasteiger partial charge on any atom is -0.345 e. The van der Waals surface area contributed by atoms with Gasteiger partial charge in [0.15, 0.2) is 5.78 Å². The molecule has 0 radical (unpaired) electrons. The number of fused-ring (bicyclic) bond motifs is 1. The standard InChI is InChI=1S/C17H14ClN5O2/c1-10(24)16(17(25)21-13-5-3-2-4-12(13)18)23-22-11-6-7-14-15(8-11)20-9-19-14/h2-9,16H,1H3,(H,19,20)(H,21,25). The molecule has 0 fully saturated rings. The molecule has 1 amide bonds. The Hall–Kier alpha value is -3.06. The maximum Gasteiger partial charge on any atom is 0.258 e. The zero-order valence-corrected chi connectivity index (χ0v) is 14.0. The van der Waals surface area contributed by atoms with Gasteiger partial charge in [0.1, 0.15) is 0 Å². The summed E-state index contributed by atoms with van der Waals surface area (Å²) in [5.41, 5.74) is 2.50. The minimum atomic E-state index is -1.26. The highest BCUT2D eigenvalue weighted by Gasteiger charge is 2.23. The Balaban J connectivity index is 1.79. The Labute approximate surface area is 148 Å². The van der Waals surface area contributed by atoms with Crippen molar-refractivity contribution in [2.45, 2.75) is 13.0 Å². The molecule has 0 saturated carbocycles. The fourth-order valence-corrected chi connectivity index (χ4v) is 2.38. The van der Waals surface area contributed by atoms with Crippen molar-refractivity contribution in [3.05, 3.63) is 53.8 Å². The van der Waals surface area contributed by atoms with Crippen molar-refractivity contribution in [2.75, 3.05) is 5.32 Å². The van der Waals surface area contributed by atoms with Gasteiger partial charge in [-0.15, -0.1) is 0 Å². The molecule has 2 aromatic carbocycles. The highest BCUT2D eigenvalue weighted by atomic mass is 35.5. The van der Waals surface area contributed by atoms with E-state index in [0.717, 1.165) is 11.0 Å². The van der Waals surface area contributed by atoms with Gasteiger partial charge in [0.2, 0.25) is 6.04 Å². The number of amides is 1. The number of carbonyl (C=O) groups excluding carboxylic acids is 2. The number of aromatic amines is 1. The number of aromatic nitrogens is 2. The van der Waals surface area contributed by atoms with Crippen molar-refractivity contribution in [3.8, 4) is 0 Å². The molecule has 0 aliphatic heterocycles. The predicted molar refractivity (Wildman–Crippen MR) is 95.2 cm³/mol. The molecule has 0 bridgehead atoms. The number of rotatable bonds is 5. The van der Waals surface area contributed by atoms with Crippen LogP contribution in [0.2, 0.25) is 5.02 Å². The van der Waals surface area contributed by atoms with Crippen LogP contribution in [0.5, 0.6) is 0 Å². The van der Waals surface area contributed by atoms with E-state index in [0.29, 0.717) is 16.4 Å². The normalized spacial score (nSPS) is 12.4. The first kappa shape index (κ1) is 16.8. The van der Waals surface area contributed by atoms with E-state index < -0.39 is 17.7 Å². The molecular weight excluding hydrogens is 342 g/mol. The molecule has 0 aliphatic carbocycles. The molecule has 7 nitrogen and oxygen atoms in total. The van der Waals surface area contributed by atoms with Gasteiger partial charge < -0.3 is 10.3 Å². The molecule has 2 N–H and O–H groups in total. The first-order valence-electron chi connectivity index (χ1n) is 7.44. The Kier molecular flexibility index (Phi) is 4.85. The molecule has 0 aliphatic rings. The first-order valence-corrected chi connectivity index (χ1v) is 7.82. The van der Waals surface area contributed by atoms with Crippen LogP contribution in [0.1, 0.15) is 6.92 Å². The fraction of sp³-hybridized carbons (Fsp3) is 0.118. The number of H-pyrrole nitrogens is 1. The van der Waals surface area contributed by atoms with Gasteiger partial charge in [0, 0.05) is 0 Å². The topological polar surface area (TPSA) is 99.6 Å². The third-order valence-corrected chi connectivity index (χ3v) is 3.79. The molecule has 1 atom stereocenters. The third-order valence-electron chi connectivity index (χ3n) is 3.46. The summed E-state index contributed by atoms with van der Waals surface area (Å²) in [4.78, 5) is 31.2. The number of nitrogens with zero attached hydrogens (tertiary/aromatic N) is 3. The Morgan fingerprint density at radius 1 is 1.24 bits per heavy atom. The number of benzene rings is 2. The van der Waals surface area contributed by atoms with Gasteiger partial charge in [-0.1, -0.05) is 23.7 Å². The van der Waals surface area contributed by atoms with Crippen molar-refractivity contribution >= 4 is 45.7 Å². The van der Waals surface area contributed by atoms with E-state index in [1.165, 1.54) is 6.92 Å². The monoisotopic (exact) mass is 355 g/mol. The lowest BCUT2D eigenvalue weighted by molar-refractivity contribution is -0.126. The summed E-state index contributed by atoms with van der Waals surface area (Å²) in [6.45, 7) is 1.29. The summed E-state index contributed by atoms with van der Waals surface area (Å²) >= 11 is 6.01. The van der Waals surface area contributed by atoms with E-state index in [9.17, 15) is 9.59 Å². The lowest BCUT2D eigenvalue weighted by atomic mass is 10.2. The number of imidazole rings is 1. The number of azo groups is 1. The quantitative estimate of drug-likeness (QED) is 0.536. The van der Waals surface area contributed by atoms with Gasteiger partial charge >= 0.3 is 0 Å². The molecule has 0 spiro atoms. The molecule has 1 heterocycles. The zero-order valence-electron chi connectivity index (χ0n) is 13.2. The Bertz CT molecular complexity index is 966. The SMILES string of the molecule is CC(=O)C(N=Nc1ccc2nc[nH]c2c1)C(=O)Nc1ccccc1Cl. The Morgan fingerprint density at radius 2 is 2.04 bits per heavy atom. The number of hydrogen-bond donors (Lipinski definition) is 2. The first-order chi connectivity index (χ1) is 12.0. The number of para-hydroxylation sites is 1. The van der Waals surface area contributed by atoms with Crippen LogP contribution in [0.4, 0.5) is 11.4 Å². The summed E-state index contributed by atoms with van der Waals surface area (Å²) in [6.07, 6.45) is 1.57. The highest BCUT2D eigenvalue weighted by Crippen LogP contribution is 2.22. The smallest absolute Gasteiger partial charge is 0.258 e. The van der Waals surface area contributed by atoms with Crippen molar-refractivity contribution in [3.63, 3.8) is 0 Å². The van der Waals surface area contributed by atoms with Crippen molar-refractivity contribution in [1.82, 2.24) is 9.97 Å². The van der Waals surface area contributed by atoms with Gasteiger partial charge in [-0.05, 0) is 37.3 Å². The molecule has 1 aromatic heterocycles. The van der Waals surface area contributed by atoms with E-state index in [4.69, 9.17) is 11.6 Å². The van der Waals surface area contributed by atoms with Crippen LogP contribution in [0, 0.1) is 0 Å². The van der Waals surface area contributed by atoms with E-state index in [-0.39, 0.29) is 0 Å². The van der Waals surface area contributed by atoms with E-state index in [1.54, 1.807) is 48.8 Å². The number of Topliss-reactive ketones (excluding diaryl/α,β-unsaturated/α-hetero) is 1. The Morgan fingerprint density at radius 3 is 2.80 bits per heavy atom. The fourth-order valence-electron chi connectivity index (χ4n) is 2.19. The molecule has 1 unspecified atom stereocenters. The molecule has 8 heteroatoms. The number of carbonyl (C=O) groups is 2. The van der Waals surface area contributed by atoms with Gasteiger partial charge in [0.05, 0.1) is 33.8 Å². The highest BCUT2D eigenvalue weighted by molar-refractivity contribution is 6.33. The van der Waals surface area contributed by atoms with Gasteiger partial charge in [-0.25, -0.2) is 4.98 Å². The second-order valence-corrected chi connectivity index (χ2v) is 5.71. The van der Waals surface area contributed by atoms with Crippen LogP contribution in [-0.2, 0) is 9.59 Å². The van der Waals surface area contributed by atoms with E-state index in [2.05, 4.69) is 25.5 Å². The largest absolute Gasteiger partial charge is 0.345 e. The molecular formula is C17H14ClN5O2. The predicted octanol–water partition coefficient (Wildman–Crippen LogP) is 3.90. The van der Waals surface area contributed by atoms with Crippen molar-refractivity contribution < 1.29 is 9.59 Å². The van der Waals surface area contributed by atoms with Crippen molar-refractivity contribution in [2.24, 2.45) is 10.2 Å². The second kappa shape index (κ2) is 7.23. The van der Waals surface area contributed by atoms with Gasteiger partial charge in [-0.2, -0.15) is 10.2 Å². The summed E-state index contributed by atoms with van der Waals surface area (Å²) < 4.78 is 0. The molecule has 3 rings (SSSR count). The van der Waals surface area contributed by atoms with Crippen molar-refractivity contribution in [1.29, 1.82) is 0 Å². The number of anilines is 1. The summed E-state index contributed by atoms with van der Waals surface area (Å²) in [5.74, 6) is -1.01. The lowest BCUT2D eigenvalue weighted by Gasteiger charge is -2.10. The van der Waals surface area contributed by atoms with Gasteiger partial charge in [0.25, 0.3) is 5.91 Å². The number of ketones is 1. The molecule has 0 saturated heterocycles. The number of halogens is 1. The second-order valence-electron chi connectivity index (χ2n) is 5.30.